The summed E-state index contributed by atoms with van der Waals surface area (Å²) in [5, 5.41) is 0. The molecule has 132 valence electrons. The van der Waals surface area contributed by atoms with Crippen molar-refractivity contribution in [1.29, 1.82) is 0 Å². The van der Waals surface area contributed by atoms with E-state index in [2.05, 4.69) is 14.2 Å². The Morgan fingerprint density at radius 1 is 0.880 bits per heavy atom. The topological polar surface area (TPSA) is 83.1 Å². The lowest BCUT2D eigenvalue weighted by molar-refractivity contribution is -0.286. The van der Waals surface area contributed by atoms with Crippen molar-refractivity contribution in [3.8, 4) is 23.0 Å². The number of rotatable bonds is 3. The van der Waals surface area contributed by atoms with Crippen LogP contribution in [0.4, 0.5) is 14.5 Å². The SMILES string of the molecule is O=S(=O)(Nc1ccc2c(c1)OC(F)(F)O2)c1ccc2c(c1)OCCO2. The average Bonchev–Trinajstić information content (AvgIpc) is 2.87. The Labute approximate surface area is 141 Å². The van der Waals surface area contributed by atoms with Crippen LogP contribution in [-0.4, -0.2) is 27.9 Å². The van der Waals surface area contributed by atoms with Gasteiger partial charge in [-0.3, -0.25) is 4.72 Å². The lowest BCUT2D eigenvalue weighted by Crippen LogP contribution is -2.25. The number of benzene rings is 2. The van der Waals surface area contributed by atoms with Crippen molar-refractivity contribution in [2.24, 2.45) is 0 Å². The molecule has 0 aliphatic carbocycles. The second-order valence-electron chi connectivity index (χ2n) is 5.24. The first-order valence-corrected chi connectivity index (χ1v) is 8.63. The van der Waals surface area contributed by atoms with Crippen molar-refractivity contribution in [2.75, 3.05) is 17.9 Å². The van der Waals surface area contributed by atoms with Crippen molar-refractivity contribution in [2.45, 2.75) is 11.2 Å². The summed E-state index contributed by atoms with van der Waals surface area (Å²) in [4.78, 5) is -0.0558. The second-order valence-corrected chi connectivity index (χ2v) is 6.92. The molecule has 0 saturated carbocycles. The fraction of sp³-hybridized carbons (Fsp3) is 0.200. The van der Waals surface area contributed by atoms with Crippen molar-refractivity contribution in [3.63, 3.8) is 0 Å². The smallest absolute Gasteiger partial charge is 0.486 e. The molecule has 7 nitrogen and oxygen atoms in total. The monoisotopic (exact) mass is 371 g/mol. The first-order valence-electron chi connectivity index (χ1n) is 7.15. The van der Waals surface area contributed by atoms with E-state index in [4.69, 9.17) is 9.47 Å². The van der Waals surface area contributed by atoms with Gasteiger partial charge >= 0.3 is 6.29 Å². The van der Waals surface area contributed by atoms with E-state index in [-0.39, 0.29) is 22.1 Å². The van der Waals surface area contributed by atoms with Crippen molar-refractivity contribution in [1.82, 2.24) is 0 Å². The molecule has 0 radical (unpaired) electrons. The molecule has 0 atom stereocenters. The third-order valence-electron chi connectivity index (χ3n) is 3.48. The normalized spacial score (nSPS) is 17.2. The van der Waals surface area contributed by atoms with Gasteiger partial charge in [0.1, 0.15) is 13.2 Å². The quantitative estimate of drug-likeness (QED) is 0.893. The molecule has 4 rings (SSSR count). The lowest BCUT2D eigenvalue weighted by Gasteiger charge is -2.19. The van der Waals surface area contributed by atoms with Gasteiger partial charge in [0.2, 0.25) is 0 Å². The largest absolute Gasteiger partial charge is 0.586 e. The highest BCUT2D eigenvalue weighted by Gasteiger charge is 2.43. The van der Waals surface area contributed by atoms with Crippen molar-refractivity contribution >= 4 is 15.7 Å². The molecule has 0 saturated heterocycles. The van der Waals surface area contributed by atoms with Gasteiger partial charge in [0.05, 0.1) is 10.6 Å². The van der Waals surface area contributed by atoms with Gasteiger partial charge in [-0.15, -0.1) is 8.78 Å². The first-order chi connectivity index (χ1) is 11.8. The van der Waals surface area contributed by atoms with Crippen LogP contribution in [0.2, 0.25) is 0 Å². The van der Waals surface area contributed by atoms with Gasteiger partial charge < -0.3 is 18.9 Å². The predicted molar refractivity (Wildman–Crippen MR) is 80.9 cm³/mol. The molecule has 0 amide bonds. The molecule has 0 bridgehead atoms. The van der Waals surface area contributed by atoms with Crippen LogP contribution in [-0.2, 0) is 10.0 Å². The van der Waals surface area contributed by atoms with Gasteiger partial charge in [0.25, 0.3) is 10.0 Å². The fourth-order valence-corrected chi connectivity index (χ4v) is 3.48. The molecule has 2 aliphatic rings. The van der Waals surface area contributed by atoms with Crippen LogP contribution in [0.3, 0.4) is 0 Å². The van der Waals surface area contributed by atoms with E-state index in [0.29, 0.717) is 24.7 Å². The molecule has 0 unspecified atom stereocenters. The van der Waals surface area contributed by atoms with Crippen LogP contribution >= 0.6 is 0 Å². The molecule has 0 spiro atoms. The van der Waals surface area contributed by atoms with Crippen molar-refractivity contribution in [3.05, 3.63) is 36.4 Å². The summed E-state index contributed by atoms with van der Waals surface area (Å²) in [6, 6.07) is 7.78. The van der Waals surface area contributed by atoms with Gasteiger partial charge in [0, 0.05) is 12.1 Å². The zero-order valence-corrected chi connectivity index (χ0v) is 13.3. The van der Waals surface area contributed by atoms with E-state index in [9.17, 15) is 17.2 Å². The van der Waals surface area contributed by atoms with E-state index in [1.54, 1.807) is 0 Å². The number of halogens is 2. The van der Waals surface area contributed by atoms with Crippen LogP contribution in [0, 0.1) is 0 Å². The summed E-state index contributed by atoms with van der Waals surface area (Å²) in [5.41, 5.74) is 0.0509. The summed E-state index contributed by atoms with van der Waals surface area (Å²) < 4.78 is 72.6. The number of alkyl halides is 2. The van der Waals surface area contributed by atoms with E-state index in [1.165, 1.54) is 30.3 Å². The summed E-state index contributed by atoms with van der Waals surface area (Å²) in [7, 11) is -3.96. The van der Waals surface area contributed by atoms with E-state index < -0.39 is 16.3 Å². The van der Waals surface area contributed by atoms with Crippen LogP contribution < -0.4 is 23.7 Å². The zero-order chi connectivity index (χ0) is 17.7. The molecule has 0 fully saturated rings. The summed E-state index contributed by atoms with van der Waals surface area (Å²) in [5.74, 6) is 0.342. The molecule has 2 heterocycles. The summed E-state index contributed by atoms with van der Waals surface area (Å²) in [6.45, 7) is 0.708. The molecule has 25 heavy (non-hydrogen) atoms. The molecular weight excluding hydrogens is 360 g/mol. The molecule has 10 heteroatoms. The van der Waals surface area contributed by atoms with E-state index in [0.717, 1.165) is 6.07 Å². The van der Waals surface area contributed by atoms with Crippen LogP contribution in [0.15, 0.2) is 41.3 Å². The molecular formula is C15H11F2NO6S. The minimum atomic E-state index is -3.96. The van der Waals surface area contributed by atoms with Crippen LogP contribution in [0.1, 0.15) is 0 Å². The van der Waals surface area contributed by atoms with Gasteiger partial charge in [-0.2, -0.15) is 0 Å². The number of sulfonamides is 1. The number of nitrogens with one attached hydrogen (secondary N) is 1. The predicted octanol–water partition coefficient (Wildman–Crippen LogP) is 2.58. The molecule has 2 aromatic carbocycles. The molecule has 1 N–H and O–H groups in total. The molecule has 0 aromatic heterocycles. The minimum absolute atomic E-state index is 0.0509. The maximum Gasteiger partial charge on any atom is 0.586 e. The number of anilines is 1. The number of fused-ring (bicyclic) bond motifs is 2. The Balaban J connectivity index is 1.60. The highest BCUT2D eigenvalue weighted by Crippen LogP contribution is 2.42. The highest BCUT2D eigenvalue weighted by atomic mass is 32.2. The Kier molecular flexibility index (Phi) is 3.39. The summed E-state index contributed by atoms with van der Waals surface area (Å²) in [6.07, 6.45) is -3.77. The third-order valence-corrected chi connectivity index (χ3v) is 4.86. The van der Waals surface area contributed by atoms with Gasteiger partial charge in [-0.25, -0.2) is 8.42 Å². The van der Waals surface area contributed by atoms with E-state index >= 15 is 0 Å². The first kappa shape index (κ1) is 15.8. The van der Waals surface area contributed by atoms with Gasteiger partial charge in [-0.1, -0.05) is 0 Å². The standard InChI is InChI=1S/C15H11F2NO6S/c16-15(17)23-12-3-1-9(7-14(12)24-15)18-25(19,20)10-2-4-11-13(8-10)22-6-5-21-11/h1-4,7-8,18H,5-6H2. The van der Waals surface area contributed by atoms with E-state index in [1.807, 2.05) is 0 Å². The maximum absolute atomic E-state index is 13.0. The van der Waals surface area contributed by atoms with Crippen molar-refractivity contribution < 1.29 is 36.1 Å². The molecule has 2 aromatic rings. The Morgan fingerprint density at radius 3 is 2.36 bits per heavy atom. The number of ether oxygens (including phenoxy) is 4. The maximum atomic E-state index is 13.0. The Hall–Kier alpha value is -2.75. The highest BCUT2D eigenvalue weighted by molar-refractivity contribution is 7.92. The van der Waals surface area contributed by atoms with Gasteiger partial charge in [-0.05, 0) is 24.3 Å². The van der Waals surface area contributed by atoms with Gasteiger partial charge in [0.15, 0.2) is 23.0 Å². The minimum Gasteiger partial charge on any atom is -0.486 e. The fourth-order valence-electron chi connectivity index (χ4n) is 2.42. The number of hydrogen-bond donors (Lipinski definition) is 1. The molecule has 2 aliphatic heterocycles. The van der Waals surface area contributed by atoms with Crippen LogP contribution in [0.5, 0.6) is 23.0 Å². The zero-order valence-electron chi connectivity index (χ0n) is 12.5. The third kappa shape index (κ3) is 3.00. The Bertz CT molecular complexity index is 947. The number of hydrogen-bond acceptors (Lipinski definition) is 6. The average molecular weight is 371 g/mol. The van der Waals surface area contributed by atoms with Crippen LogP contribution in [0.25, 0.3) is 0 Å². The Morgan fingerprint density at radius 2 is 1.56 bits per heavy atom. The second kappa shape index (κ2) is 5.38. The summed E-state index contributed by atoms with van der Waals surface area (Å²) >= 11 is 0. The lowest BCUT2D eigenvalue weighted by atomic mass is 10.3.